The van der Waals surface area contributed by atoms with Crippen molar-refractivity contribution in [1.29, 1.82) is 0 Å². The summed E-state index contributed by atoms with van der Waals surface area (Å²) in [4.78, 5) is 28.5. The van der Waals surface area contributed by atoms with E-state index >= 15 is 0 Å². The number of hydrogen-bond donors (Lipinski definition) is 1. The molecule has 0 radical (unpaired) electrons. The Hall–Kier alpha value is -3.60. The van der Waals surface area contributed by atoms with Gasteiger partial charge in [-0.15, -0.1) is 0 Å². The van der Waals surface area contributed by atoms with Crippen LogP contribution < -0.4 is 15.0 Å². The highest BCUT2D eigenvalue weighted by atomic mass is 16.5. The number of nitrogens with one attached hydrogen (secondary N) is 1. The van der Waals surface area contributed by atoms with Crippen molar-refractivity contribution in [3.8, 4) is 5.75 Å². The molecule has 3 aromatic carbocycles. The minimum atomic E-state index is -0.724. The van der Waals surface area contributed by atoms with Crippen LogP contribution in [0.2, 0.25) is 0 Å². The maximum Gasteiger partial charge on any atom is 0.259 e. The number of anilines is 1. The van der Waals surface area contributed by atoms with E-state index in [-0.39, 0.29) is 11.8 Å². The van der Waals surface area contributed by atoms with Crippen LogP contribution in [0.15, 0.2) is 60.7 Å². The van der Waals surface area contributed by atoms with Gasteiger partial charge in [0, 0.05) is 17.7 Å². The number of aryl methyl sites for hydroxylation is 3. The summed E-state index contributed by atoms with van der Waals surface area (Å²) in [6.45, 7) is 6.31. The molecule has 1 aliphatic rings. The number of amides is 2. The van der Waals surface area contributed by atoms with E-state index in [0.29, 0.717) is 17.9 Å². The summed E-state index contributed by atoms with van der Waals surface area (Å²) in [7, 11) is 1.61. The highest BCUT2D eigenvalue weighted by molar-refractivity contribution is 6.16. The van der Waals surface area contributed by atoms with Crippen molar-refractivity contribution >= 4 is 17.5 Å². The van der Waals surface area contributed by atoms with Crippen LogP contribution in [0.5, 0.6) is 5.75 Å². The quantitative estimate of drug-likeness (QED) is 0.662. The summed E-state index contributed by atoms with van der Waals surface area (Å²) in [6.07, 6.45) is 0. The Labute approximate surface area is 182 Å². The molecule has 0 aromatic heterocycles. The lowest BCUT2D eigenvalue weighted by Gasteiger charge is -2.28. The Morgan fingerprint density at radius 2 is 1.65 bits per heavy atom. The molecule has 0 bridgehead atoms. The first-order valence-electron chi connectivity index (χ1n) is 10.3. The summed E-state index contributed by atoms with van der Waals surface area (Å²) >= 11 is 0. The second-order valence-electron chi connectivity index (χ2n) is 7.94. The van der Waals surface area contributed by atoms with Crippen LogP contribution >= 0.6 is 0 Å². The Morgan fingerprint density at radius 1 is 1.00 bits per heavy atom. The van der Waals surface area contributed by atoms with Gasteiger partial charge in [-0.2, -0.15) is 0 Å². The first-order chi connectivity index (χ1) is 14.9. The predicted molar refractivity (Wildman–Crippen MR) is 121 cm³/mol. The molecule has 31 heavy (non-hydrogen) atoms. The highest BCUT2D eigenvalue weighted by Gasteiger charge is 2.42. The lowest BCUT2D eigenvalue weighted by molar-refractivity contribution is -0.122. The summed E-state index contributed by atoms with van der Waals surface area (Å²) in [6, 6.07) is 18.3. The van der Waals surface area contributed by atoms with E-state index in [4.69, 9.17) is 4.74 Å². The van der Waals surface area contributed by atoms with E-state index < -0.39 is 6.04 Å². The van der Waals surface area contributed by atoms with Crippen LogP contribution in [0.1, 0.15) is 44.2 Å². The zero-order chi connectivity index (χ0) is 22.1. The number of methoxy groups -OCH3 is 1. The topological polar surface area (TPSA) is 58.6 Å². The van der Waals surface area contributed by atoms with Gasteiger partial charge in [-0.05, 0) is 49.6 Å². The number of nitrogens with zero attached hydrogens (tertiary/aromatic N) is 1. The van der Waals surface area contributed by atoms with E-state index in [2.05, 4.69) is 5.32 Å². The fourth-order valence-corrected chi connectivity index (χ4v) is 4.49. The second-order valence-corrected chi connectivity index (χ2v) is 7.94. The van der Waals surface area contributed by atoms with Gasteiger partial charge in [0.15, 0.2) is 0 Å². The van der Waals surface area contributed by atoms with Gasteiger partial charge in [0.25, 0.3) is 5.91 Å². The second kappa shape index (κ2) is 8.26. The Balaban J connectivity index is 1.72. The Morgan fingerprint density at radius 3 is 2.35 bits per heavy atom. The van der Waals surface area contributed by atoms with Crippen molar-refractivity contribution < 1.29 is 14.3 Å². The molecule has 0 spiro atoms. The van der Waals surface area contributed by atoms with E-state index in [0.717, 1.165) is 33.5 Å². The van der Waals surface area contributed by atoms with Gasteiger partial charge < -0.3 is 10.1 Å². The number of rotatable bonds is 5. The molecule has 5 heteroatoms. The lowest BCUT2D eigenvalue weighted by atomic mass is 10.0. The predicted octanol–water partition coefficient (Wildman–Crippen LogP) is 4.64. The minimum Gasteiger partial charge on any atom is -0.496 e. The molecule has 0 fully saturated rings. The molecule has 0 aliphatic carbocycles. The lowest BCUT2D eigenvalue weighted by Crippen LogP contribution is -2.39. The molecule has 2 amide bonds. The Kier molecular flexibility index (Phi) is 5.51. The van der Waals surface area contributed by atoms with Crippen LogP contribution in [0.25, 0.3) is 0 Å². The van der Waals surface area contributed by atoms with Crippen molar-refractivity contribution in [3.63, 3.8) is 0 Å². The highest BCUT2D eigenvalue weighted by Crippen LogP contribution is 2.41. The molecule has 0 saturated carbocycles. The number of para-hydroxylation sites is 1. The maximum atomic E-state index is 13.5. The number of benzene rings is 3. The first-order valence-corrected chi connectivity index (χ1v) is 10.3. The van der Waals surface area contributed by atoms with Crippen LogP contribution in [0, 0.1) is 20.8 Å². The van der Waals surface area contributed by atoms with Gasteiger partial charge in [-0.25, -0.2) is 0 Å². The van der Waals surface area contributed by atoms with E-state index in [1.807, 2.05) is 75.4 Å². The average Bonchev–Trinajstić information content (AvgIpc) is 3.04. The van der Waals surface area contributed by atoms with Crippen molar-refractivity contribution in [2.24, 2.45) is 0 Å². The van der Waals surface area contributed by atoms with Gasteiger partial charge in [-0.1, -0.05) is 54.1 Å². The third kappa shape index (κ3) is 3.67. The van der Waals surface area contributed by atoms with E-state index in [1.165, 1.54) is 0 Å². The fourth-order valence-electron chi connectivity index (χ4n) is 4.49. The molecule has 1 aliphatic heterocycles. The molecule has 0 unspecified atom stereocenters. The summed E-state index contributed by atoms with van der Waals surface area (Å²) in [5, 5.41) is 3.01. The van der Waals surface area contributed by atoms with Crippen molar-refractivity contribution in [2.45, 2.75) is 33.4 Å². The molecule has 3 aromatic rings. The SMILES string of the molecule is COc1ccccc1CNC(=O)[C@H]1c2ccccc2C(=O)N1c1c(C)cc(C)cc1C. The molecular formula is C26H26N2O3. The molecular weight excluding hydrogens is 388 g/mol. The minimum absolute atomic E-state index is 0.150. The fraction of sp³-hybridized carbons (Fsp3) is 0.231. The van der Waals surface area contributed by atoms with Crippen LogP contribution in [0.3, 0.4) is 0 Å². The number of carbonyl (C=O) groups is 2. The number of ether oxygens (including phenoxy) is 1. The summed E-state index contributed by atoms with van der Waals surface area (Å²) in [5.74, 6) is 0.347. The number of carbonyl (C=O) groups excluding carboxylic acids is 2. The number of hydrogen-bond acceptors (Lipinski definition) is 3. The van der Waals surface area contributed by atoms with E-state index in [9.17, 15) is 9.59 Å². The van der Waals surface area contributed by atoms with Gasteiger partial charge in [0.05, 0.1) is 12.8 Å². The zero-order valence-corrected chi connectivity index (χ0v) is 18.2. The van der Waals surface area contributed by atoms with E-state index in [1.54, 1.807) is 18.1 Å². The zero-order valence-electron chi connectivity index (χ0n) is 18.2. The molecule has 5 nitrogen and oxygen atoms in total. The smallest absolute Gasteiger partial charge is 0.259 e. The summed E-state index contributed by atoms with van der Waals surface area (Å²) in [5.41, 5.74) is 6.04. The summed E-state index contributed by atoms with van der Waals surface area (Å²) < 4.78 is 5.39. The van der Waals surface area contributed by atoms with Gasteiger partial charge in [0.2, 0.25) is 5.91 Å². The molecule has 1 atom stereocenters. The third-order valence-corrected chi connectivity index (χ3v) is 5.73. The maximum absolute atomic E-state index is 13.5. The first kappa shape index (κ1) is 20.7. The number of fused-ring (bicyclic) bond motifs is 1. The van der Waals surface area contributed by atoms with Crippen molar-refractivity contribution in [1.82, 2.24) is 5.32 Å². The van der Waals surface area contributed by atoms with Crippen LogP contribution in [-0.4, -0.2) is 18.9 Å². The third-order valence-electron chi connectivity index (χ3n) is 5.73. The molecule has 0 saturated heterocycles. The van der Waals surface area contributed by atoms with Gasteiger partial charge >= 0.3 is 0 Å². The van der Waals surface area contributed by atoms with Crippen LogP contribution in [-0.2, 0) is 11.3 Å². The largest absolute Gasteiger partial charge is 0.496 e. The monoisotopic (exact) mass is 414 g/mol. The van der Waals surface area contributed by atoms with Gasteiger partial charge in [0.1, 0.15) is 11.8 Å². The standard InChI is InChI=1S/C26H26N2O3/c1-16-13-17(2)23(18(3)14-16)28-24(20-10-6-7-11-21(20)26(28)30)25(29)27-15-19-9-5-8-12-22(19)31-4/h5-14,24H,15H2,1-4H3,(H,27,29)/t24-/m1/s1. The Bertz CT molecular complexity index is 1150. The molecule has 158 valence electrons. The van der Waals surface area contributed by atoms with Gasteiger partial charge in [-0.3, -0.25) is 14.5 Å². The average molecular weight is 415 g/mol. The molecule has 1 N–H and O–H groups in total. The van der Waals surface area contributed by atoms with Crippen LogP contribution in [0.4, 0.5) is 5.69 Å². The van der Waals surface area contributed by atoms with Crippen molar-refractivity contribution in [3.05, 3.63) is 94.0 Å². The molecule has 1 heterocycles. The molecule has 4 rings (SSSR count). The normalized spacial score (nSPS) is 15.0. The van der Waals surface area contributed by atoms with Crippen molar-refractivity contribution in [2.75, 3.05) is 12.0 Å².